The summed E-state index contributed by atoms with van der Waals surface area (Å²) >= 11 is 0. The largest absolute Gasteiger partial charge is 0.379 e. The van der Waals surface area contributed by atoms with Crippen LogP contribution >= 0.6 is 0 Å². The number of epoxide rings is 1. The van der Waals surface area contributed by atoms with Crippen LogP contribution in [0.15, 0.2) is 54.6 Å². The quantitative estimate of drug-likeness (QED) is 0.246. The summed E-state index contributed by atoms with van der Waals surface area (Å²) in [5.74, 6) is -1.23. The zero-order chi connectivity index (χ0) is 32.4. The molecule has 2 heterocycles. The summed E-state index contributed by atoms with van der Waals surface area (Å²) in [7, 11) is 0. The van der Waals surface area contributed by atoms with E-state index in [1.807, 2.05) is 80.3 Å². The lowest BCUT2D eigenvalue weighted by atomic mass is 9.93. The van der Waals surface area contributed by atoms with Crippen molar-refractivity contribution in [3.8, 4) is 0 Å². The van der Waals surface area contributed by atoms with Crippen molar-refractivity contribution in [1.82, 2.24) is 20.9 Å². The minimum Gasteiger partial charge on any atom is -0.379 e. The summed E-state index contributed by atoms with van der Waals surface area (Å²) in [4.78, 5) is 56.0. The van der Waals surface area contributed by atoms with Crippen LogP contribution in [-0.2, 0) is 41.5 Å². The molecule has 4 rings (SSSR count). The normalized spacial score (nSPS) is 20.1. The second kappa shape index (κ2) is 16.1. The van der Waals surface area contributed by atoms with Crippen LogP contribution in [0.2, 0.25) is 0 Å². The SMILES string of the molecule is Cc1ccc(C[C@H](NC(=O)[C@H](CC(C)C)NC(=O)[C@H](CCc2ccccc2)NC(=O)CN2CCOCC2)C(=O)[C@@]2(C)CO2)cc1. The number of nitrogens with zero attached hydrogens (tertiary/aromatic N) is 1. The molecule has 0 aliphatic carbocycles. The van der Waals surface area contributed by atoms with E-state index in [1.54, 1.807) is 6.92 Å². The predicted molar refractivity (Wildman–Crippen MR) is 172 cm³/mol. The first-order valence-electron chi connectivity index (χ1n) is 16.0. The van der Waals surface area contributed by atoms with Crippen LogP contribution in [0.4, 0.5) is 0 Å². The number of hydrogen-bond acceptors (Lipinski definition) is 7. The van der Waals surface area contributed by atoms with Crippen molar-refractivity contribution in [3.63, 3.8) is 0 Å². The van der Waals surface area contributed by atoms with E-state index in [0.29, 0.717) is 58.6 Å². The molecule has 10 nitrogen and oxygen atoms in total. The maximum absolute atomic E-state index is 13.8. The fourth-order valence-electron chi connectivity index (χ4n) is 5.46. The molecule has 0 saturated carbocycles. The number of Topliss-reactive ketones (excluding diaryl/α,β-unsaturated/α-hetero) is 1. The molecule has 0 unspecified atom stereocenters. The molecule has 0 radical (unpaired) electrons. The Balaban J connectivity index is 1.47. The first-order chi connectivity index (χ1) is 21.5. The average molecular weight is 621 g/mol. The number of carbonyl (C=O) groups is 4. The predicted octanol–water partition coefficient (Wildman–Crippen LogP) is 2.36. The average Bonchev–Trinajstić information content (AvgIpc) is 3.78. The Kier molecular flexibility index (Phi) is 12.3. The van der Waals surface area contributed by atoms with Gasteiger partial charge in [0.15, 0.2) is 5.78 Å². The summed E-state index contributed by atoms with van der Waals surface area (Å²) < 4.78 is 10.8. The van der Waals surface area contributed by atoms with Gasteiger partial charge in [-0.3, -0.25) is 24.1 Å². The number of amides is 3. The van der Waals surface area contributed by atoms with Crippen LogP contribution in [0.1, 0.15) is 50.3 Å². The van der Waals surface area contributed by atoms with Crippen molar-refractivity contribution < 1.29 is 28.7 Å². The smallest absolute Gasteiger partial charge is 0.243 e. The minimum atomic E-state index is -0.924. The number of nitrogens with one attached hydrogen (secondary N) is 3. The van der Waals surface area contributed by atoms with E-state index < -0.39 is 35.5 Å². The number of aryl methyl sites for hydroxylation is 2. The number of ketones is 1. The van der Waals surface area contributed by atoms with Crippen molar-refractivity contribution in [2.24, 2.45) is 5.92 Å². The maximum Gasteiger partial charge on any atom is 0.243 e. The van der Waals surface area contributed by atoms with Gasteiger partial charge in [-0.15, -0.1) is 0 Å². The molecule has 0 bridgehead atoms. The molecule has 2 fully saturated rings. The lowest BCUT2D eigenvalue weighted by Gasteiger charge is -2.28. The van der Waals surface area contributed by atoms with Crippen LogP contribution in [0, 0.1) is 12.8 Å². The summed E-state index contributed by atoms with van der Waals surface area (Å²) in [6.07, 6.45) is 1.61. The van der Waals surface area contributed by atoms with E-state index in [-0.39, 0.29) is 24.2 Å². The third kappa shape index (κ3) is 10.8. The molecular weight excluding hydrogens is 572 g/mol. The van der Waals surface area contributed by atoms with E-state index in [2.05, 4.69) is 16.0 Å². The highest BCUT2D eigenvalue weighted by Crippen LogP contribution is 2.29. The van der Waals surface area contributed by atoms with E-state index >= 15 is 0 Å². The number of hydrogen-bond donors (Lipinski definition) is 3. The van der Waals surface area contributed by atoms with Crippen LogP contribution in [0.25, 0.3) is 0 Å². The second-order valence-corrected chi connectivity index (χ2v) is 12.9. The van der Waals surface area contributed by atoms with Crippen molar-refractivity contribution in [2.75, 3.05) is 39.5 Å². The Bertz CT molecular complexity index is 1290. The zero-order valence-corrected chi connectivity index (χ0v) is 27.0. The number of morpholine rings is 1. The molecule has 3 amide bonds. The zero-order valence-electron chi connectivity index (χ0n) is 27.0. The van der Waals surface area contributed by atoms with Gasteiger partial charge < -0.3 is 25.4 Å². The van der Waals surface area contributed by atoms with Gasteiger partial charge in [-0.05, 0) is 56.6 Å². The molecular formula is C35H48N4O6. The summed E-state index contributed by atoms with van der Waals surface area (Å²) in [5.41, 5.74) is 2.13. The fraction of sp³-hybridized carbons (Fsp3) is 0.543. The van der Waals surface area contributed by atoms with Crippen molar-refractivity contribution >= 4 is 23.5 Å². The third-order valence-corrected chi connectivity index (χ3v) is 8.32. The van der Waals surface area contributed by atoms with Crippen molar-refractivity contribution in [1.29, 1.82) is 0 Å². The molecule has 4 atom stereocenters. The highest BCUT2D eigenvalue weighted by molar-refractivity contribution is 5.98. The van der Waals surface area contributed by atoms with Crippen LogP contribution in [0.5, 0.6) is 0 Å². The second-order valence-electron chi connectivity index (χ2n) is 12.9. The molecule has 10 heteroatoms. The number of carbonyl (C=O) groups excluding carboxylic acids is 4. The third-order valence-electron chi connectivity index (χ3n) is 8.32. The van der Waals surface area contributed by atoms with Gasteiger partial charge in [-0.25, -0.2) is 0 Å². The minimum absolute atomic E-state index is 0.0789. The van der Waals surface area contributed by atoms with E-state index in [9.17, 15) is 19.2 Å². The summed E-state index contributed by atoms with van der Waals surface area (Å²) in [6, 6.07) is 15.0. The van der Waals surface area contributed by atoms with Gasteiger partial charge in [0, 0.05) is 13.1 Å². The fourth-order valence-corrected chi connectivity index (χ4v) is 5.46. The molecule has 2 aromatic rings. The molecule has 2 aromatic carbocycles. The van der Waals surface area contributed by atoms with Gasteiger partial charge in [-0.2, -0.15) is 0 Å². The molecule has 45 heavy (non-hydrogen) atoms. The van der Waals surface area contributed by atoms with Crippen LogP contribution in [-0.4, -0.2) is 91.6 Å². The Labute approximate surface area is 266 Å². The van der Waals surface area contributed by atoms with Crippen molar-refractivity contribution in [2.45, 2.75) is 77.1 Å². The summed E-state index contributed by atoms with van der Waals surface area (Å²) in [5, 5.41) is 8.78. The Morgan fingerprint density at radius 2 is 1.47 bits per heavy atom. The molecule has 2 saturated heterocycles. The van der Waals surface area contributed by atoms with Gasteiger partial charge in [0.1, 0.15) is 17.7 Å². The molecule has 0 aromatic heterocycles. The molecule has 244 valence electrons. The number of ether oxygens (including phenoxy) is 2. The first-order valence-corrected chi connectivity index (χ1v) is 16.0. The van der Waals surface area contributed by atoms with Gasteiger partial charge in [0.25, 0.3) is 0 Å². The van der Waals surface area contributed by atoms with E-state index in [4.69, 9.17) is 9.47 Å². The highest BCUT2D eigenvalue weighted by Gasteiger charge is 2.50. The Morgan fingerprint density at radius 3 is 2.09 bits per heavy atom. The summed E-state index contributed by atoms with van der Waals surface area (Å²) in [6.45, 7) is 10.6. The van der Waals surface area contributed by atoms with Gasteiger partial charge >= 0.3 is 0 Å². The highest BCUT2D eigenvalue weighted by atomic mass is 16.6. The lowest BCUT2D eigenvalue weighted by molar-refractivity contribution is -0.134. The van der Waals surface area contributed by atoms with Gasteiger partial charge in [0.05, 0.1) is 32.4 Å². The topological polar surface area (TPSA) is 129 Å². The molecule has 0 spiro atoms. The van der Waals surface area contributed by atoms with Crippen LogP contribution < -0.4 is 16.0 Å². The van der Waals surface area contributed by atoms with E-state index in [0.717, 1.165) is 16.7 Å². The molecule has 2 aliphatic heterocycles. The molecule has 3 N–H and O–H groups in total. The lowest BCUT2D eigenvalue weighted by Crippen LogP contribution is -2.58. The Morgan fingerprint density at radius 1 is 0.844 bits per heavy atom. The molecule has 2 aliphatic rings. The first kappa shape index (κ1) is 34.3. The van der Waals surface area contributed by atoms with Crippen LogP contribution in [0.3, 0.4) is 0 Å². The standard InChI is InChI=1S/C35H48N4O6/c1-24(2)20-30(34(43)37-29(32(41)35(4)23-45-35)21-27-12-10-25(3)11-13-27)38-33(42)28(15-14-26-8-6-5-7-9-26)36-31(40)22-39-16-18-44-19-17-39/h5-13,24,28-30H,14-23H2,1-4H3,(H,36,40)(H,37,43)(H,38,42)/t28-,29-,30-,35+/m0/s1. The Hall–Kier alpha value is -3.60. The number of benzene rings is 2. The number of rotatable bonds is 16. The van der Waals surface area contributed by atoms with E-state index in [1.165, 1.54) is 0 Å². The van der Waals surface area contributed by atoms with Gasteiger partial charge in [-0.1, -0.05) is 74.0 Å². The van der Waals surface area contributed by atoms with Crippen molar-refractivity contribution in [3.05, 3.63) is 71.3 Å². The van der Waals surface area contributed by atoms with Gasteiger partial charge in [0.2, 0.25) is 17.7 Å². The monoisotopic (exact) mass is 620 g/mol. The maximum atomic E-state index is 13.8.